The maximum atomic E-state index is 4.52. The third-order valence-electron chi connectivity index (χ3n) is 4.17. The molecule has 22 heavy (non-hydrogen) atoms. The van der Waals surface area contributed by atoms with Gasteiger partial charge in [-0.3, -0.25) is 0 Å². The van der Waals surface area contributed by atoms with E-state index in [9.17, 15) is 0 Å². The van der Waals surface area contributed by atoms with Gasteiger partial charge < -0.3 is 15.6 Å². The van der Waals surface area contributed by atoms with Gasteiger partial charge in [0.2, 0.25) is 0 Å². The third-order valence-corrected chi connectivity index (χ3v) is 4.97. The summed E-state index contributed by atoms with van der Waals surface area (Å²) in [6.07, 6.45) is 6.88. The zero-order valence-electron chi connectivity index (χ0n) is 12.5. The van der Waals surface area contributed by atoms with Gasteiger partial charge in [-0.1, -0.05) is 6.92 Å². The van der Waals surface area contributed by atoms with Gasteiger partial charge in [0.15, 0.2) is 0 Å². The van der Waals surface area contributed by atoms with E-state index in [2.05, 4.69) is 38.6 Å². The number of nitrogens with one attached hydrogen (secondary N) is 3. The fourth-order valence-electron chi connectivity index (χ4n) is 3.15. The number of thiazole rings is 1. The van der Waals surface area contributed by atoms with Crippen LogP contribution < -0.4 is 10.6 Å². The first-order valence-corrected chi connectivity index (χ1v) is 8.52. The normalized spacial score (nSPS) is 22.0. The van der Waals surface area contributed by atoms with E-state index in [1.54, 1.807) is 11.3 Å². The lowest BCUT2D eigenvalue weighted by Gasteiger charge is -2.30. The summed E-state index contributed by atoms with van der Waals surface area (Å²) in [4.78, 5) is 12.2. The molecule has 5 nitrogen and oxygen atoms in total. The molecular weight excluding hydrogens is 294 g/mol. The Morgan fingerprint density at radius 3 is 3.09 bits per heavy atom. The van der Waals surface area contributed by atoms with Crippen molar-refractivity contribution in [3.05, 3.63) is 30.0 Å². The Balaban J connectivity index is 1.76. The van der Waals surface area contributed by atoms with E-state index in [0.29, 0.717) is 12.0 Å². The van der Waals surface area contributed by atoms with Gasteiger partial charge in [0, 0.05) is 41.9 Å². The standard InChI is InChI=1S/C16H19N5S/c1-10-6-11(8-17-7-10)21-14-12-2-3-18-15(12)20-9-13(14)16-19-4-5-22-16/h2-5,9-11,17H,6-8H2,1H3,(H2,18,20,21)/t10-,11+/m0/s1. The first-order valence-electron chi connectivity index (χ1n) is 7.64. The van der Waals surface area contributed by atoms with Crippen LogP contribution in [0.4, 0.5) is 5.69 Å². The Morgan fingerprint density at radius 2 is 2.27 bits per heavy atom. The molecule has 4 rings (SSSR count). The van der Waals surface area contributed by atoms with Crippen molar-refractivity contribution >= 4 is 28.1 Å². The second-order valence-corrected chi connectivity index (χ2v) is 6.86. The van der Waals surface area contributed by atoms with Crippen molar-refractivity contribution in [2.75, 3.05) is 18.4 Å². The van der Waals surface area contributed by atoms with E-state index < -0.39 is 0 Å². The van der Waals surface area contributed by atoms with Crippen LogP contribution in [0.2, 0.25) is 0 Å². The van der Waals surface area contributed by atoms with E-state index in [0.717, 1.165) is 40.4 Å². The molecule has 3 N–H and O–H groups in total. The summed E-state index contributed by atoms with van der Waals surface area (Å²) in [5.74, 6) is 0.693. The number of nitrogens with zero attached hydrogens (tertiary/aromatic N) is 2. The topological polar surface area (TPSA) is 65.6 Å². The molecule has 0 amide bonds. The summed E-state index contributed by atoms with van der Waals surface area (Å²) >= 11 is 1.65. The predicted molar refractivity (Wildman–Crippen MR) is 91.3 cm³/mol. The summed E-state index contributed by atoms with van der Waals surface area (Å²) in [5.41, 5.74) is 3.14. The zero-order valence-corrected chi connectivity index (χ0v) is 13.3. The number of rotatable bonds is 3. The van der Waals surface area contributed by atoms with E-state index in [-0.39, 0.29) is 0 Å². The van der Waals surface area contributed by atoms with Crippen LogP contribution in [0.15, 0.2) is 30.0 Å². The minimum atomic E-state index is 0.433. The predicted octanol–water partition coefficient (Wildman–Crippen LogP) is 3.10. The molecule has 0 bridgehead atoms. The van der Waals surface area contributed by atoms with Gasteiger partial charge in [-0.25, -0.2) is 9.97 Å². The molecule has 0 unspecified atom stereocenters. The lowest BCUT2D eigenvalue weighted by molar-refractivity contribution is 0.378. The molecular formula is C16H19N5S. The van der Waals surface area contributed by atoms with Crippen LogP contribution in [0.3, 0.4) is 0 Å². The average molecular weight is 313 g/mol. The fourth-order valence-corrected chi connectivity index (χ4v) is 3.81. The number of aromatic nitrogens is 3. The molecule has 0 radical (unpaired) electrons. The molecule has 0 aromatic carbocycles. The molecule has 2 atom stereocenters. The van der Waals surface area contributed by atoms with Crippen LogP contribution in [0.25, 0.3) is 21.6 Å². The molecule has 3 aromatic rings. The number of hydrogen-bond donors (Lipinski definition) is 3. The van der Waals surface area contributed by atoms with Crippen LogP contribution in [-0.4, -0.2) is 34.1 Å². The quantitative estimate of drug-likeness (QED) is 0.695. The van der Waals surface area contributed by atoms with Gasteiger partial charge in [0.05, 0.1) is 11.3 Å². The number of pyridine rings is 1. The molecule has 1 aliphatic rings. The number of fused-ring (bicyclic) bond motifs is 1. The lowest BCUT2D eigenvalue weighted by Crippen LogP contribution is -2.42. The molecule has 0 saturated carbocycles. The van der Waals surface area contributed by atoms with Gasteiger partial charge in [-0.15, -0.1) is 11.3 Å². The Morgan fingerprint density at radius 1 is 1.32 bits per heavy atom. The zero-order chi connectivity index (χ0) is 14.9. The fraction of sp³-hybridized carbons (Fsp3) is 0.375. The lowest BCUT2D eigenvalue weighted by atomic mass is 9.97. The molecule has 114 valence electrons. The van der Waals surface area contributed by atoms with Crippen molar-refractivity contribution in [2.45, 2.75) is 19.4 Å². The number of H-pyrrole nitrogens is 1. The molecule has 0 aliphatic carbocycles. The Hall–Kier alpha value is -1.92. The average Bonchev–Trinajstić information content (AvgIpc) is 3.19. The first kappa shape index (κ1) is 13.7. The monoisotopic (exact) mass is 313 g/mol. The van der Waals surface area contributed by atoms with Gasteiger partial charge in [0.1, 0.15) is 10.7 Å². The third kappa shape index (κ3) is 2.48. The van der Waals surface area contributed by atoms with E-state index in [4.69, 9.17) is 0 Å². The van der Waals surface area contributed by atoms with Crippen LogP contribution >= 0.6 is 11.3 Å². The number of piperidine rings is 1. The smallest absolute Gasteiger partial charge is 0.139 e. The molecule has 0 spiro atoms. The van der Waals surface area contributed by atoms with Crippen LogP contribution in [0, 0.1) is 5.92 Å². The number of aromatic amines is 1. The summed E-state index contributed by atoms with van der Waals surface area (Å²) in [5, 5.41) is 11.4. The molecule has 3 aromatic heterocycles. The maximum Gasteiger partial charge on any atom is 0.139 e. The second kappa shape index (κ2) is 5.70. The van der Waals surface area contributed by atoms with Gasteiger partial charge in [0.25, 0.3) is 0 Å². The molecule has 4 heterocycles. The van der Waals surface area contributed by atoms with Crippen LogP contribution in [0.1, 0.15) is 13.3 Å². The number of anilines is 1. The van der Waals surface area contributed by atoms with Gasteiger partial charge in [-0.05, 0) is 24.9 Å². The summed E-state index contributed by atoms with van der Waals surface area (Å²) in [6, 6.07) is 2.52. The first-order chi connectivity index (χ1) is 10.8. The number of hydrogen-bond acceptors (Lipinski definition) is 5. The van der Waals surface area contributed by atoms with Crippen molar-refractivity contribution < 1.29 is 0 Å². The largest absolute Gasteiger partial charge is 0.380 e. The van der Waals surface area contributed by atoms with Crippen molar-refractivity contribution in [3.8, 4) is 10.6 Å². The highest BCUT2D eigenvalue weighted by Crippen LogP contribution is 2.35. The molecule has 1 aliphatic heterocycles. The molecule has 6 heteroatoms. The second-order valence-electron chi connectivity index (χ2n) is 5.96. The molecule has 1 fully saturated rings. The highest BCUT2D eigenvalue weighted by atomic mass is 32.1. The van der Waals surface area contributed by atoms with E-state index in [1.165, 1.54) is 6.42 Å². The summed E-state index contributed by atoms with van der Waals surface area (Å²) in [7, 11) is 0. The Bertz CT molecular complexity index is 764. The Kier molecular flexibility index (Phi) is 3.56. The van der Waals surface area contributed by atoms with Crippen molar-refractivity contribution in [3.63, 3.8) is 0 Å². The summed E-state index contributed by atoms with van der Waals surface area (Å²) < 4.78 is 0. The van der Waals surface area contributed by atoms with Gasteiger partial charge >= 0.3 is 0 Å². The SMILES string of the molecule is C[C@@H]1CNC[C@H](Nc2c(-c3nccs3)cnc3[nH]ccc23)C1. The maximum absolute atomic E-state index is 4.52. The van der Waals surface area contributed by atoms with E-state index in [1.807, 2.05) is 24.0 Å². The van der Waals surface area contributed by atoms with Crippen LogP contribution in [-0.2, 0) is 0 Å². The van der Waals surface area contributed by atoms with Gasteiger partial charge in [-0.2, -0.15) is 0 Å². The highest BCUT2D eigenvalue weighted by molar-refractivity contribution is 7.13. The summed E-state index contributed by atoms with van der Waals surface area (Å²) in [6.45, 7) is 4.39. The minimum absolute atomic E-state index is 0.433. The Labute approximate surface area is 133 Å². The van der Waals surface area contributed by atoms with Crippen molar-refractivity contribution in [2.24, 2.45) is 5.92 Å². The van der Waals surface area contributed by atoms with Crippen molar-refractivity contribution in [1.29, 1.82) is 0 Å². The van der Waals surface area contributed by atoms with Crippen LogP contribution in [0.5, 0.6) is 0 Å². The van der Waals surface area contributed by atoms with Crippen molar-refractivity contribution in [1.82, 2.24) is 20.3 Å². The minimum Gasteiger partial charge on any atom is -0.380 e. The molecule has 1 saturated heterocycles. The van der Waals surface area contributed by atoms with E-state index >= 15 is 0 Å². The highest BCUT2D eigenvalue weighted by Gasteiger charge is 2.21.